The molecule has 0 aliphatic rings. The van der Waals surface area contributed by atoms with Gasteiger partial charge in [-0.15, -0.1) is 0 Å². The van der Waals surface area contributed by atoms with Gasteiger partial charge in [0.25, 0.3) is 0 Å². The molecule has 6 heteroatoms. The van der Waals surface area contributed by atoms with E-state index in [1.165, 1.54) is 6.92 Å². The Morgan fingerprint density at radius 3 is 3.00 bits per heavy atom. The average molecular weight is 220 g/mol. The maximum atomic E-state index is 10.8. The number of aliphatic hydroxyl groups is 1. The Morgan fingerprint density at radius 1 is 1.69 bits per heavy atom. The van der Waals surface area contributed by atoms with Crippen molar-refractivity contribution in [2.75, 3.05) is 11.9 Å². The summed E-state index contributed by atoms with van der Waals surface area (Å²) in [5.41, 5.74) is 9.59. The highest BCUT2D eigenvalue weighted by atomic mass is 16.3. The molecule has 1 aromatic rings. The fourth-order valence-electron chi connectivity index (χ4n) is 1.30. The molecule has 0 radical (unpaired) electrons. The van der Waals surface area contributed by atoms with Gasteiger partial charge < -0.3 is 10.4 Å². The van der Waals surface area contributed by atoms with E-state index >= 15 is 0 Å². The van der Waals surface area contributed by atoms with Gasteiger partial charge in [0.05, 0.1) is 12.6 Å². The molecular weight excluding hydrogens is 208 g/mol. The molecule has 1 atom stereocenters. The van der Waals surface area contributed by atoms with Gasteiger partial charge in [-0.3, -0.25) is 4.79 Å². The Kier molecular flexibility index (Phi) is 4.32. The second-order valence-electron chi connectivity index (χ2n) is 3.21. The first kappa shape index (κ1) is 12.0. The number of anilines is 1. The average Bonchev–Trinajstić information content (AvgIpc) is 2.25. The maximum Gasteiger partial charge on any atom is 0.221 e. The predicted molar refractivity (Wildman–Crippen MR) is 59.7 cm³/mol. The van der Waals surface area contributed by atoms with E-state index in [1.54, 1.807) is 24.3 Å². The summed E-state index contributed by atoms with van der Waals surface area (Å²) in [5.74, 6) is -0.179. The second kappa shape index (κ2) is 5.75. The van der Waals surface area contributed by atoms with E-state index in [0.29, 0.717) is 11.3 Å². The molecule has 0 aliphatic carbocycles. The van der Waals surface area contributed by atoms with Gasteiger partial charge in [0.2, 0.25) is 5.91 Å². The number of azide groups is 1. The van der Waals surface area contributed by atoms with Crippen LogP contribution in [0.15, 0.2) is 29.4 Å². The van der Waals surface area contributed by atoms with Crippen molar-refractivity contribution in [1.29, 1.82) is 0 Å². The number of aliphatic hydroxyl groups excluding tert-OH is 1. The lowest BCUT2D eigenvalue weighted by Crippen LogP contribution is -2.07. The van der Waals surface area contributed by atoms with E-state index < -0.39 is 6.04 Å². The number of amides is 1. The van der Waals surface area contributed by atoms with Crippen LogP contribution in [0.25, 0.3) is 10.4 Å². The van der Waals surface area contributed by atoms with E-state index in [2.05, 4.69) is 15.3 Å². The van der Waals surface area contributed by atoms with Crippen LogP contribution in [-0.4, -0.2) is 17.6 Å². The number of nitrogens with one attached hydrogen (secondary N) is 1. The number of rotatable bonds is 4. The zero-order valence-corrected chi connectivity index (χ0v) is 8.79. The van der Waals surface area contributed by atoms with Crippen molar-refractivity contribution in [1.82, 2.24) is 0 Å². The molecule has 0 saturated carbocycles. The van der Waals surface area contributed by atoms with Crippen LogP contribution in [0.4, 0.5) is 5.69 Å². The van der Waals surface area contributed by atoms with Crippen molar-refractivity contribution in [3.63, 3.8) is 0 Å². The standard InChI is InChI=1S/C10H12N4O2/c1-7(16)12-9-4-2-3-8(5-9)10(6-15)13-14-11/h2-5,10,15H,6H2,1H3,(H,12,16). The number of carbonyl (C=O) groups is 1. The van der Waals surface area contributed by atoms with Crippen LogP contribution in [0.3, 0.4) is 0 Å². The van der Waals surface area contributed by atoms with Gasteiger partial charge in [0.15, 0.2) is 0 Å². The minimum Gasteiger partial charge on any atom is -0.396 e. The van der Waals surface area contributed by atoms with Crippen LogP contribution in [0.1, 0.15) is 18.5 Å². The van der Waals surface area contributed by atoms with Gasteiger partial charge in [-0.2, -0.15) is 0 Å². The summed E-state index contributed by atoms with van der Waals surface area (Å²) >= 11 is 0. The Labute approximate surface area is 92.5 Å². The SMILES string of the molecule is CC(=O)Nc1cccc(C(CO)N=[N+]=[N-])c1. The van der Waals surface area contributed by atoms with Crippen molar-refractivity contribution < 1.29 is 9.90 Å². The molecule has 0 saturated heterocycles. The van der Waals surface area contributed by atoms with Crippen molar-refractivity contribution in [2.45, 2.75) is 13.0 Å². The minimum absolute atomic E-state index is 0.179. The summed E-state index contributed by atoms with van der Waals surface area (Å²) in [6, 6.07) is 6.20. The molecular formula is C10H12N4O2. The number of benzene rings is 1. The van der Waals surface area contributed by atoms with Crippen molar-refractivity contribution in [2.24, 2.45) is 5.11 Å². The molecule has 2 N–H and O–H groups in total. The molecule has 16 heavy (non-hydrogen) atoms. The van der Waals surface area contributed by atoms with Gasteiger partial charge >= 0.3 is 0 Å². The molecule has 84 valence electrons. The fraction of sp³-hybridized carbons (Fsp3) is 0.300. The van der Waals surface area contributed by atoms with Crippen LogP contribution in [-0.2, 0) is 4.79 Å². The lowest BCUT2D eigenvalue weighted by molar-refractivity contribution is -0.114. The molecule has 0 aliphatic heterocycles. The zero-order valence-electron chi connectivity index (χ0n) is 8.79. The van der Waals surface area contributed by atoms with Gasteiger partial charge in [0, 0.05) is 17.5 Å². The first-order valence-corrected chi connectivity index (χ1v) is 4.70. The van der Waals surface area contributed by atoms with Crippen molar-refractivity contribution >= 4 is 11.6 Å². The van der Waals surface area contributed by atoms with Gasteiger partial charge in [0.1, 0.15) is 0 Å². The summed E-state index contributed by atoms with van der Waals surface area (Å²) in [6.07, 6.45) is 0. The Morgan fingerprint density at radius 2 is 2.44 bits per heavy atom. The van der Waals surface area contributed by atoms with Crippen LogP contribution in [0.5, 0.6) is 0 Å². The van der Waals surface area contributed by atoms with E-state index in [4.69, 9.17) is 10.6 Å². The third kappa shape index (κ3) is 3.27. The van der Waals surface area contributed by atoms with Crippen molar-refractivity contribution in [3.05, 3.63) is 40.3 Å². The first-order chi connectivity index (χ1) is 7.67. The zero-order chi connectivity index (χ0) is 12.0. The predicted octanol–water partition coefficient (Wildman–Crippen LogP) is 1.99. The van der Waals surface area contributed by atoms with Crippen LogP contribution in [0, 0.1) is 0 Å². The number of hydrogen-bond donors (Lipinski definition) is 2. The molecule has 0 heterocycles. The largest absolute Gasteiger partial charge is 0.396 e. The van der Waals surface area contributed by atoms with Gasteiger partial charge in [-0.1, -0.05) is 17.2 Å². The molecule has 0 aromatic heterocycles. The third-order valence-electron chi connectivity index (χ3n) is 1.96. The quantitative estimate of drug-likeness (QED) is 0.460. The van der Waals surface area contributed by atoms with E-state index in [1.807, 2.05) is 0 Å². The summed E-state index contributed by atoms with van der Waals surface area (Å²) in [5, 5.41) is 15.1. The van der Waals surface area contributed by atoms with Crippen LogP contribution < -0.4 is 5.32 Å². The highest BCUT2D eigenvalue weighted by Crippen LogP contribution is 2.20. The molecule has 0 bridgehead atoms. The molecule has 1 aromatic carbocycles. The topological polar surface area (TPSA) is 98.1 Å². The maximum absolute atomic E-state index is 10.8. The second-order valence-corrected chi connectivity index (χ2v) is 3.21. The van der Waals surface area contributed by atoms with E-state index in [0.717, 1.165) is 0 Å². The number of hydrogen-bond acceptors (Lipinski definition) is 3. The Balaban J connectivity index is 2.96. The molecule has 1 amide bonds. The number of nitrogens with zero attached hydrogens (tertiary/aromatic N) is 3. The molecule has 0 spiro atoms. The van der Waals surface area contributed by atoms with Gasteiger partial charge in [-0.25, -0.2) is 0 Å². The summed E-state index contributed by atoms with van der Waals surface area (Å²) in [4.78, 5) is 13.5. The fourth-order valence-corrected chi connectivity index (χ4v) is 1.30. The summed E-state index contributed by atoms with van der Waals surface area (Å²) in [6.45, 7) is 1.14. The van der Waals surface area contributed by atoms with E-state index in [9.17, 15) is 4.79 Å². The highest BCUT2D eigenvalue weighted by molar-refractivity contribution is 5.88. The molecule has 1 rings (SSSR count). The third-order valence-corrected chi connectivity index (χ3v) is 1.96. The lowest BCUT2D eigenvalue weighted by atomic mass is 10.1. The Bertz CT molecular complexity index is 427. The number of carbonyl (C=O) groups excluding carboxylic acids is 1. The van der Waals surface area contributed by atoms with E-state index in [-0.39, 0.29) is 12.5 Å². The summed E-state index contributed by atoms with van der Waals surface area (Å²) < 4.78 is 0. The smallest absolute Gasteiger partial charge is 0.221 e. The summed E-state index contributed by atoms with van der Waals surface area (Å²) in [7, 11) is 0. The normalized spacial score (nSPS) is 11.4. The Hall–Kier alpha value is -2.04. The minimum atomic E-state index is -0.626. The molecule has 1 unspecified atom stereocenters. The van der Waals surface area contributed by atoms with Crippen LogP contribution in [0.2, 0.25) is 0 Å². The highest BCUT2D eigenvalue weighted by Gasteiger charge is 2.08. The van der Waals surface area contributed by atoms with Gasteiger partial charge in [-0.05, 0) is 23.2 Å². The monoisotopic (exact) mass is 220 g/mol. The molecule has 0 fully saturated rings. The molecule has 6 nitrogen and oxygen atoms in total. The van der Waals surface area contributed by atoms with Crippen LogP contribution >= 0.6 is 0 Å². The van der Waals surface area contributed by atoms with Crippen molar-refractivity contribution in [3.8, 4) is 0 Å². The first-order valence-electron chi connectivity index (χ1n) is 4.70. The lowest BCUT2D eigenvalue weighted by Gasteiger charge is -2.09.